The van der Waals surface area contributed by atoms with E-state index in [-0.39, 0.29) is 51.5 Å². The van der Waals surface area contributed by atoms with Crippen molar-refractivity contribution < 1.29 is 13.3 Å². The van der Waals surface area contributed by atoms with Gasteiger partial charge in [0.1, 0.15) is 0 Å². The van der Waals surface area contributed by atoms with Crippen LogP contribution in [-0.2, 0) is 32.5 Å². The van der Waals surface area contributed by atoms with Crippen molar-refractivity contribution in [3.63, 3.8) is 0 Å². The molecule has 800 valence electrons. The van der Waals surface area contributed by atoms with Gasteiger partial charge in [-0.3, -0.25) is 0 Å². The van der Waals surface area contributed by atoms with Gasteiger partial charge in [-0.15, -0.1) is 0 Å². The van der Waals surface area contributed by atoms with E-state index in [1.165, 1.54) is 158 Å². The SMILES string of the molecule is CC(C)(C)c1ccc(Nc2ccc(C(C)(C)C)cc2)cc1.Cc1cc(Cl)cc(N2c3ccc(-c4ccccc4)cc3C3(C)CCCCC23C)c1.Cc1cc(N(c2ccc(C(C)(C)C)cc2)c2ccc(C(C)(C)C)cc2)cc(N2c3ccc(-c4ccccc4)cc3C3(C)CCCCC23C)c1.I[I-]I(I)I(I)I(I)I(I)I(I)I(I)I(I)I(I)I(I)I(I)I(I)I(I)I(I)I(I)I(I)I(I)I(I)I(I)I(I)I. The predicted molar refractivity (Wildman–Crippen MR) is 990 cm³/mol. The number of fused-ring (bicyclic) bond motifs is 6. The van der Waals surface area contributed by atoms with E-state index in [0.29, 0.717) is 13.3 Å². The fourth-order valence-corrected chi connectivity index (χ4v) is 7350. The van der Waals surface area contributed by atoms with Crippen molar-refractivity contribution in [3.05, 3.63) is 280 Å². The van der Waals surface area contributed by atoms with E-state index in [4.69, 9.17) is 11.6 Å². The molecular formula is C94H109ClI41N4-. The number of rotatable bonds is 28. The van der Waals surface area contributed by atoms with E-state index in [0.717, 1.165) is 16.4 Å². The molecule has 2 saturated carbocycles. The molecule has 0 aromatic heterocycles. The number of anilines is 9. The Labute approximate surface area is 1120 Å². The quantitative estimate of drug-likeness (QED) is 0.0493. The van der Waals surface area contributed by atoms with Gasteiger partial charge in [0.05, 0.1) is 11.1 Å². The minimum atomic E-state index is -0.542. The topological polar surface area (TPSA) is 21.8 Å². The summed E-state index contributed by atoms with van der Waals surface area (Å²) in [4.78, 5) is 7.76. The number of nitrogens with zero attached hydrogens (tertiary/aromatic N) is 3. The van der Waals surface area contributed by atoms with Crippen LogP contribution >= 0.6 is 553 Å². The van der Waals surface area contributed by atoms with Crippen LogP contribution in [0.4, 0.5) is 51.2 Å². The van der Waals surface area contributed by atoms with Crippen LogP contribution in [0, 0.1) is 13.8 Å². The molecule has 0 bridgehead atoms. The van der Waals surface area contributed by atoms with E-state index < -0.39 is 142 Å². The second-order valence-corrected chi connectivity index (χ2v) is 980. The van der Waals surface area contributed by atoms with Gasteiger partial charge in [-0.25, -0.2) is 0 Å². The first-order chi connectivity index (χ1) is 65.4. The Morgan fingerprint density at radius 3 is 0.893 bits per heavy atom. The summed E-state index contributed by atoms with van der Waals surface area (Å²) in [6, 6.07) is 85.4. The molecule has 46 heteroatoms. The third-order valence-electron chi connectivity index (χ3n) is 24.6. The molecule has 2 heterocycles. The standard InChI is InChI=1S/C47H54N2.C27H28ClN.C20H27N.I41/c1-33-29-40(48(38-22-18-36(19-23-38)44(2,3)4)39-24-20-37(21-25-39)45(5,6)7)32-41(30-33)49-43-26-17-35(34-15-11-10-12-16-34)31-42(43)46(8)27-13-14-28-47(46,49)9;1-19-15-22(28)18-23(16-19)29-25-12-11-21(20-9-5-4-6-10-20)17-24(25)26(2)13-7-8-14-27(26,29)3;1-19(2,3)15-7-11-17(12-8-15)21-18-13-9-16(10-14-18)20(4,5)6;1-22-24(4)26(6)28(8)30(10)32(12)34(14)36(16)38(18)40(20)41(21)39(19)37(17)35(15)33(13)31(11)29(9)27(7)25(5)23(2)3/h10-12,15-26,29-32H,13-14,27-28H2,1-9H3;4-6,9-12,15-18H,7-8,13-14H2,1-3H3;7-14,21H,1-6H3;/q;;;-1. The number of nitrogens with one attached hydrogen (secondary N) is 1. The summed E-state index contributed by atoms with van der Waals surface area (Å²) < 4.78 is 0. The zero-order valence-corrected chi connectivity index (χ0v) is 168. The Morgan fingerprint density at radius 1 is 0.307 bits per heavy atom. The molecular weight excluding hydrogens is 6420 g/mol. The van der Waals surface area contributed by atoms with Crippen LogP contribution in [0.25, 0.3) is 22.3 Å². The Balaban J connectivity index is 0.000000186. The summed E-state index contributed by atoms with van der Waals surface area (Å²) in [5.41, 5.74) is 27.9. The summed E-state index contributed by atoms with van der Waals surface area (Å²) in [5.74, 6) is 0. The molecule has 4 aliphatic rings. The third kappa shape index (κ3) is 37.9. The van der Waals surface area contributed by atoms with Crippen LogP contribution in [0.5, 0.6) is 0 Å². The van der Waals surface area contributed by atoms with Crippen LogP contribution in [0.2, 0.25) is 5.02 Å². The van der Waals surface area contributed by atoms with E-state index >= 15 is 0 Å². The molecule has 4 atom stereocenters. The molecule has 4 nitrogen and oxygen atoms in total. The first-order valence-corrected chi connectivity index (χ1v) is 294. The molecule has 0 spiro atoms. The summed E-state index contributed by atoms with van der Waals surface area (Å²) >= 11 is 74.9. The molecule has 1 N–H and O–H groups in total. The summed E-state index contributed by atoms with van der Waals surface area (Å²) in [7, 11) is -9.45. The fourth-order valence-electron chi connectivity index (χ4n) is 17.2. The van der Waals surface area contributed by atoms with Crippen LogP contribution in [0.15, 0.2) is 231 Å². The molecule has 14 rings (SSSR count). The van der Waals surface area contributed by atoms with Crippen molar-refractivity contribution in [1.29, 1.82) is 0 Å². The minimum absolute atomic E-state index is 0.0263. The number of aryl methyl sites for hydroxylation is 2. The predicted octanol–water partition coefficient (Wildman–Crippen LogP) is 60.0. The second-order valence-electron chi connectivity index (χ2n) is 37.3. The molecule has 0 amide bonds. The first-order valence-electron chi connectivity index (χ1n) is 42.4. The third-order valence-corrected chi connectivity index (χ3v) is 3080. The Bertz CT molecular complexity index is 5590. The van der Waals surface area contributed by atoms with Crippen LogP contribution < -0.4 is 33.3 Å². The molecule has 2 fully saturated rings. The molecule has 2 aliphatic heterocycles. The van der Waals surface area contributed by atoms with Crippen LogP contribution in [-0.4, -0.2) is 11.1 Å². The van der Waals surface area contributed by atoms with Crippen LogP contribution in [0.3, 0.4) is 0 Å². The Morgan fingerprint density at radius 2 is 0.593 bits per heavy atom. The fraction of sp³-hybridized carbons (Fsp3) is 0.362. The van der Waals surface area contributed by atoms with Crippen molar-refractivity contribution in [2.45, 2.75) is 220 Å². The average molecular weight is 6530 g/mol. The van der Waals surface area contributed by atoms with Gasteiger partial charge in [0.25, 0.3) is 0 Å². The van der Waals surface area contributed by atoms with Crippen molar-refractivity contribution >= 4 is 604 Å². The normalized spacial score (nSPS) is 19.8. The van der Waals surface area contributed by atoms with Gasteiger partial charge in [-0.1, -0.05) is 256 Å². The van der Waals surface area contributed by atoms with Crippen LogP contribution in [0.1, 0.15) is 207 Å². The number of benzene rings is 10. The van der Waals surface area contributed by atoms with Crippen molar-refractivity contribution in [3.8, 4) is 22.3 Å². The monoisotopic (exact) mass is 6530 g/mol. The summed E-state index contributed by atoms with van der Waals surface area (Å²) in [6.07, 6.45) is 9.91. The number of hydrogen-bond acceptors (Lipinski definition) is 4. The molecule has 10 aromatic rings. The zero-order valence-electron chi connectivity index (χ0n) is 78.3. The molecule has 2 aliphatic carbocycles. The van der Waals surface area contributed by atoms with Crippen molar-refractivity contribution in [2.24, 2.45) is 0 Å². The van der Waals surface area contributed by atoms with Crippen molar-refractivity contribution in [1.82, 2.24) is 0 Å². The van der Waals surface area contributed by atoms with E-state index in [9.17, 15) is 0 Å². The number of hydrogen-bond donors (Lipinski definition) is 1. The zero-order chi connectivity index (χ0) is 103. The van der Waals surface area contributed by atoms with E-state index in [1.807, 2.05) is 6.07 Å². The maximum atomic E-state index is 6.49. The molecule has 140 heavy (non-hydrogen) atoms. The van der Waals surface area contributed by atoms with Crippen molar-refractivity contribution in [2.75, 3.05) is 20.0 Å². The van der Waals surface area contributed by atoms with Gasteiger partial charge in [-0.05, 0) is 251 Å². The maximum absolute atomic E-state index is 6.49. The summed E-state index contributed by atoms with van der Waals surface area (Å²) in [6.45, 7) is 41.5. The summed E-state index contributed by atoms with van der Waals surface area (Å²) in [5, 5.41) is 4.28. The van der Waals surface area contributed by atoms with E-state index in [1.54, 1.807) is 0 Å². The van der Waals surface area contributed by atoms with Gasteiger partial charge in [0.15, 0.2) is 0 Å². The Kier molecular flexibility index (Phi) is 66.4. The van der Waals surface area contributed by atoms with Gasteiger partial charge in [0.2, 0.25) is 0 Å². The van der Waals surface area contributed by atoms with E-state index in [2.05, 4.69) is 760 Å². The molecule has 10 aromatic carbocycles. The Hall–Kier alpha value is 21.6. The molecule has 0 radical (unpaired) electrons. The average Bonchev–Trinajstić information content (AvgIpc) is 1.53. The number of halogens is 42. The molecule has 4 unspecified atom stereocenters. The van der Waals surface area contributed by atoms with Gasteiger partial charge < -0.3 is 20.0 Å². The van der Waals surface area contributed by atoms with Gasteiger partial charge >= 0.3 is 554 Å². The second kappa shape index (κ2) is 65.7. The van der Waals surface area contributed by atoms with Gasteiger partial charge in [0, 0.05) is 67.0 Å². The first kappa shape index (κ1) is 142. The van der Waals surface area contributed by atoms with Gasteiger partial charge in [-0.2, -0.15) is 0 Å². The molecule has 0 saturated heterocycles.